The van der Waals surface area contributed by atoms with E-state index in [0.717, 1.165) is 0 Å². The van der Waals surface area contributed by atoms with Crippen molar-refractivity contribution in [1.29, 1.82) is 0 Å². The highest BCUT2D eigenvalue weighted by atomic mass is 16.8. The molecule has 38 atom stereocenters. The fourth-order valence-electron chi connectivity index (χ4n) is 19.6. The van der Waals surface area contributed by atoms with Gasteiger partial charge in [-0.05, 0) is 98.7 Å². The predicted octanol–water partition coefficient (Wildman–Crippen LogP) is -5.12. The van der Waals surface area contributed by atoms with Gasteiger partial charge in [0, 0.05) is 11.3 Å². The molecule has 0 aromatic rings. The highest BCUT2D eigenvalue weighted by Crippen LogP contribution is 2.81. The fraction of sp³-hybridized carbons (Fsp3) is 0.983. The summed E-state index contributed by atoms with van der Waals surface area (Å²) in [5, 5.41) is 203. The Morgan fingerprint density at radius 3 is 1.57 bits per heavy atom. The van der Waals surface area contributed by atoms with Crippen LogP contribution in [0.25, 0.3) is 0 Å². The Bertz CT molecular complexity index is 2550. The monoisotopic (exact) mass is 1300 g/mol. The second-order valence-corrected chi connectivity index (χ2v) is 30.1. The molecule has 0 radical (unpaired) electrons. The van der Waals surface area contributed by atoms with Crippen molar-refractivity contribution in [2.75, 3.05) is 13.2 Å². The average molecular weight is 1300 g/mol. The quantitative estimate of drug-likeness (QED) is 0.0767. The van der Waals surface area contributed by atoms with Crippen LogP contribution in [0.15, 0.2) is 0 Å². The van der Waals surface area contributed by atoms with E-state index in [2.05, 4.69) is 20.8 Å². The van der Waals surface area contributed by atoms with Gasteiger partial charge in [-0.15, -0.1) is 0 Å². The second-order valence-electron chi connectivity index (χ2n) is 30.1. The molecule has 11 fully saturated rings. The first-order valence-electron chi connectivity index (χ1n) is 31.8. The Morgan fingerprint density at radius 2 is 0.956 bits per heavy atom. The smallest absolute Gasteiger partial charge is 0.335 e. The number of carbonyl (C=O) groups is 1. The van der Waals surface area contributed by atoms with Gasteiger partial charge >= 0.3 is 5.97 Å². The van der Waals surface area contributed by atoms with E-state index in [9.17, 15) is 96.7 Å². The Labute approximate surface area is 520 Å². The van der Waals surface area contributed by atoms with E-state index in [4.69, 9.17) is 52.1 Å². The van der Waals surface area contributed by atoms with Crippen molar-refractivity contribution in [1.82, 2.24) is 0 Å². The predicted molar refractivity (Wildman–Crippen MR) is 296 cm³/mol. The minimum Gasteiger partial charge on any atom is -0.479 e. The minimum absolute atomic E-state index is 0.0252. The molecule has 30 heteroatoms. The first-order chi connectivity index (χ1) is 41.9. The number of fused-ring (bicyclic) bond motifs is 4. The van der Waals surface area contributed by atoms with E-state index in [1.807, 2.05) is 27.7 Å². The van der Waals surface area contributed by atoms with Gasteiger partial charge in [0.15, 0.2) is 43.8 Å². The van der Waals surface area contributed by atoms with E-state index >= 15 is 0 Å². The number of carboxylic acid groups (broad SMARTS) is 1. The van der Waals surface area contributed by atoms with Crippen LogP contribution < -0.4 is 0 Å². The van der Waals surface area contributed by atoms with Crippen molar-refractivity contribution < 1.29 is 149 Å². The number of aliphatic hydroxyl groups excluding tert-OH is 17. The van der Waals surface area contributed by atoms with Gasteiger partial charge in [0.1, 0.15) is 104 Å². The summed E-state index contributed by atoms with van der Waals surface area (Å²) in [5.41, 5.74) is -5.87. The fourth-order valence-corrected chi connectivity index (χ4v) is 19.6. The van der Waals surface area contributed by atoms with Crippen molar-refractivity contribution in [2.45, 2.75) is 304 Å². The summed E-state index contributed by atoms with van der Waals surface area (Å²) in [6.45, 7) is 15.1. The minimum atomic E-state index is -2.35. The Kier molecular flexibility index (Phi) is 18.9. The first-order valence-corrected chi connectivity index (χ1v) is 31.8. The van der Waals surface area contributed by atoms with Gasteiger partial charge in [0.25, 0.3) is 0 Å². The maximum Gasteiger partial charge on any atom is 0.335 e. The molecule has 5 aliphatic carbocycles. The van der Waals surface area contributed by atoms with Crippen LogP contribution in [0, 0.1) is 50.2 Å². The zero-order chi connectivity index (χ0) is 66.0. The topological polar surface area (TPSA) is 483 Å². The number of hydrogen-bond acceptors (Lipinski definition) is 29. The third kappa shape index (κ3) is 10.3. The number of aliphatic hydroxyl groups is 17. The van der Waals surface area contributed by atoms with E-state index in [1.165, 1.54) is 13.8 Å². The van der Waals surface area contributed by atoms with Crippen LogP contribution in [-0.4, -0.2) is 301 Å². The van der Waals surface area contributed by atoms with Gasteiger partial charge in [0.05, 0.1) is 60.9 Å². The van der Waals surface area contributed by atoms with Crippen molar-refractivity contribution in [3.8, 4) is 0 Å². The molecular formula is C60H98O30. The Morgan fingerprint density at radius 1 is 0.467 bits per heavy atom. The number of hydrogen-bond donors (Lipinski definition) is 18. The molecule has 1 spiro atoms. The van der Waals surface area contributed by atoms with Crippen LogP contribution in [0.5, 0.6) is 0 Å². The zero-order valence-electron chi connectivity index (χ0n) is 52.1. The highest BCUT2D eigenvalue weighted by molar-refractivity contribution is 5.73. The molecule has 0 aromatic carbocycles. The van der Waals surface area contributed by atoms with Gasteiger partial charge in [-0.2, -0.15) is 0 Å². The molecule has 38 unspecified atom stereocenters. The van der Waals surface area contributed by atoms with Crippen LogP contribution in [0.2, 0.25) is 0 Å². The summed E-state index contributed by atoms with van der Waals surface area (Å²) in [6.07, 6.45) is -50.4. The zero-order valence-corrected chi connectivity index (χ0v) is 52.1. The SMILES string of the molecule is CC1OC(OC2C(OC3C(OC4C(O)C(C(=O)O)OC(OC5CCC6(C)C(CCC7(C)C6CCC68OC(O)C9(C(O)CC76C)C(O)C(O)C(C)(C)CC98)C5(C)C)C4OC4OC(CO)C(O)C(O)C4O)OC(CO)C(O)C3O)OC(C)C(O)C2O)C(O)C(O)C1O. The summed E-state index contributed by atoms with van der Waals surface area (Å²) < 4.78 is 68.5. The normalized spacial score (nSPS) is 58.2. The molecule has 6 aliphatic heterocycles. The summed E-state index contributed by atoms with van der Waals surface area (Å²) in [7, 11) is 0. The molecule has 6 heterocycles. The summed E-state index contributed by atoms with van der Waals surface area (Å²) in [5.74, 6) is -2.44. The van der Waals surface area contributed by atoms with E-state index in [0.29, 0.717) is 38.5 Å². The van der Waals surface area contributed by atoms with Crippen LogP contribution in [0.4, 0.5) is 0 Å². The lowest BCUT2D eigenvalue weighted by Gasteiger charge is -2.75. The number of carboxylic acids is 1. The molecule has 518 valence electrons. The molecule has 90 heavy (non-hydrogen) atoms. The third-order valence-corrected chi connectivity index (χ3v) is 24.9. The maximum atomic E-state index is 13.4. The lowest BCUT2D eigenvalue weighted by atomic mass is 9.30. The molecule has 30 nitrogen and oxygen atoms in total. The number of rotatable bonds is 13. The molecule has 11 aliphatic rings. The number of ether oxygens (including phenoxy) is 11. The van der Waals surface area contributed by atoms with Gasteiger partial charge < -0.3 is 144 Å². The van der Waals surface area contributed by atoms with Gasteiger partial charge in [-0.25, -0.2) is 4.79 Å². The van der Waals surface area contributed by atoms with Crippen LogP contribution in [0.1, 0.15) is 114 Å². The van der Waals surface area contributed by atoms with E-state index in [-0.39, 0.29) is 24.7 Å². The lowest BCUT2D eigenvalue weighted by molar-refractivity contribution is -0.412. The van der Waals surface area contributed by atoms with Crippen LogP contribution >= 0.6 is 0 Å². The largest absolute Gasteiger partial charge is 0.479 e. The van der Waals surface area contributed by atoms with Crippen LogP contribution in [-0.2, 0) is 56.9 Å². The van der Waals surface area contributed by atoms with Gasteiger partial charge in [-0.3, -0.25) is 0 Å². The second kappa shape index (κ2) is 24.4. The summed E-state index contributed by atoms with van der Waals surface area (Å²) in [4.78, 5) is 13.4. The molecule has 0 aromatic heterocycles. The molecular weight excluding hydrogens is 1200 g/mol. The van der Waals surface area contributed by atoms with E-state index in [1.54, 1.807) is 0 Å². The van der Waals surface area contributed by atoms with Gasteiger partial charge in [0.2, 0.25) is 0 Å². The van der Waals surface area contributed by atoms with Crippen molar-refractivity contribution >= 4 is 5.97 Å². The van der Waals surface area contributed by atoms with Crippen LogP contribution in [0.3, 0.4) is 0 Å². The maximum absolute atomic E-state index is 13.4. The molecule has 2 bridgehead atoms. The Balaban J connectivity index is 0.914. The van der Waals surface area contributed by atoms with Gasteiger partial charge in [-0.1, -0.05) is 48.5 Å². The lowest BCUT2D eigenvalue weighted by Crippen LogP contribution is -2.76. The molecule has 0 amide bonds. The molecule has 18 N–H and O–H groups in total. The van der Waals surface area contributed by atoms with Crippen molar-refractivity contribution in [3.63, 3.8) is 0 Å². The summed E-state index contributed by atoms with van der Waals surface area (Å²) >= 11 is 0. The first kappa shape index (κ1) is 69.7. The molecule has 6 saturated heterocycles. The van der Waals surface area contributed by atoms with Crippen molar-refractivity contribution in [3.05, 3.63) is 0 Å². The molecule has 5 saturated carbocycles. The third-order valence-electron chi connectivity index (χ3n) is 24.9. The summed E-state index contributed by atoms with van der Waals surface area (Å²) in [6, 6.07) is 0. The van der Waals surface area contributed by atoms with E-state index < -0.39 is 247 Å². The standard InChI is InChI=1S/C60H98O30/c1-20-29(64)33(68)37(72)48(80-20)87-42-35(70)30(65)21(2)81-50(42)88-43-36(71)32(67)23(19-62)83-51(43)85-40-39(74)41(47(77)78)86-52(44(40)89-49-38(73)34(69)31(66)22(18-61)82-49)84-28-12-13-56(7)24(55(28,5)6)10-14-57(8)25(56)11-15-59-26-16-54(3,4)45(75)46(76)60(26,53(79)90-59)27(63)17-58(57,59)9/h20-46,48-53,61-76,79H,10-19H2,1-9H3,(H,77,78). The van der Waals surface area contributed by atoms with Crippen molar-refractivity contribution in [2.24, 2.45) is 50.2 Å². The number of aliphatic carboxylic acids is 1. The highest BCUT2D eigenvalue weighted by Gasteiger charge is 2.85. The Hall–Kier alpha value is -1.65. The average Bonchev–Trinajstić information content (AvgIpc) is 1.36. The molecule has 11 rings (SSSR count).